The van der Waals surface area contributed by atoms with Crippen LogP contribution in [0.2, 0.25) is 0 Å². The maximum absolute atomic E-state index is 12.2. The van der Waals surface area contributed by atoms with Gasteiger partial charge in [0.1, 0.15) is 5.75 Å². The molecule has 140 valence electrons. The minimum absolute atomic E-state index is 0.182. The molecule has 0 saturated heterocycles. The van der Waals surface area contributed by atoms with Crippen molar-refractivity contribution in [1.82, 2.24) is 21.0 Å². The largest absolute Gasteiger partial charge is 0.481 e. The number of benzene rings is 1. The number of rotatable bonds is 5. The van der Waals surface area contributed by atoms with E-state index < -0.39 is 17.9 Å². The van der Waals surface area contributed by atoms with Crippen LogP contribution >= 0.6 is 11.3 Å². The van der Waals surface area contributed by atoms with Crippen LogP contribution in [0.1, 0.15) is 28.5 Å². The predicted octanol–water partition coefficient (Wildman–Crippen LogP) is 2.98. The molecule has 1 unspecified atom stereocenters. The van der Waals surface area contributed by atoms with Crippen molar-refractivity contribution in [2.75, 3.05) is 0 Å². The zero-order valence-electron chi connectivity index (χ0n) is 15.2. The molecule has 0 bridgehead atoms. The van der Waals surface area contributed by atoms with Crippen molar-refractivity contribution in [1.29, 1.82) is 0 Å². The van der Waals surface area contributed by atoms with E-state index in [0.717, 1.165) is 21.7 Å². The number of aromatic amines is 1. The molecule has 3 aromatic rings. The molecule has 0 aliphatic heterocycles. The lowest BCUT2D eigenvalue weighted by Crippen LogP contribution is -2.47. The number of ether oxygens (including phenoxy) is 1. The fraction of sp³-hybridized carbons (Fsp3) is 0.211. The summed E-state index contributed by atoms with van der Waals surface area (Å²) in [6.45, 7) is 5.52. The van der Waals surface area contributed by atoms with Crippen molar-refractivity contribution < 1.29 is 14.3 Å². The van der Waals surface area contributed by atoms with Gasteiger partial charge in [0, 0.05) is 0 Å². The Bertz CT molecular complexity index is 950. The van der Waals surface area contributed by atoms with E-state index in [1.165, 1.54) is 11.3 Å². The van der Waals surface area contributed by atoms with Crippen LogP contribution in [0.5, 0.6) is 5.75 Å². The maximum atomic E-state index is 12.2. The van der Waals surface area contributed by atoms with Gasteiger partial charge in [-0.15, -0.1) is 11.3 Å². The van der Waals surface area contributed by atoms with Crippen LogP contribution in [0.25, 0.3) is 10.6 Å². The SMILES string of the molecule is Cc1cccc(OC(C)C(=O)NNC(=O)c2cc(-c3cccs3)[nH]n2)c1C. The summed E-state index contributed by atoms with van der Waals surface area (Å²) in [6.07, 6.45) is -0.772. The van der Waals surface area contributed by atoms with Gasteiger partial charge in [0.05, 0.1) is 10.6 Å². The Balaban J connectivity index is 1.55. The third-order valence-electron chi connectivity index (χ3n) is 4.12. The average molecular weight is 384 g/mol. The fourth-order valence-corrected chi connectivity index (χ4v) is 3.07. The van der Waals surface area contributed by atoms with Crippen molar-refractivity contribution in [3.05, 3.63) is 58.6 Å². The number of carbonyl (C=O) groups excluding carboxylic acids is 2. The predicted molar refractivity (Wildman–Crippen MR) is 104 cm³/mol. The molecular formula is C19H20N4O3S. The molecule has 8 heteroatoms. The highest BCUT2D eigenvalue weighted by Crippen LogP contribution is 2.23. The van der Waals surface area contributed by atoms with Gasteiger partial charge in [-0.1, -0.05) is 18.2 Å². The first-order valence-corrected chi connectivity index (χ1v) is 9.26. The van der Waals surface area contributed by atoms with Gasteiger partial charge in [-0.2, -0.15) is 5.10 Å². The molecule has 3 rings (SSSR count). The topological polar surface area (TPSA) is 96.1 Å². The second-order valence-electron chi connectivity index (χ2n) is 6.05. The maximum Gasteiger partial charge on any atom is 0.290 e. The molecule has 0 radical (unpaired) electrons. The van der Waals surface area contributed by atoms with Gasteiger partial charge in [0.15, 0.2) is 11.8 Å². The number of aromatic nitrogens is 2. The Hall–Kier alpha value is -3.13. The molecule has 0 spiro atoms. The van der Waals surface area contributed by atoms with Crippen molar-refractivity contribution >= 4 is 23.2 Å². The molecule has 0 aliphatic carbocycles. The lowest BCUT2D eigenvalue weighted by molar-refractivity contribution is -0.128. The molecule has 0 fully saturated rings. The molecule has 0 saturated carbocycles. The van der Waals surface area contributed by atoms with Crippen LogP contribution in [0, 0.1) is 13.8 Å². The van der Waals surface area contributed by atoms with Crippen molar-refractivity contribution in [3.8, 4) is 16.3 Å². The first-order chi connectivity index (χ1) is 13.0. The van der Waals surface area contributed by atoms with Crippen LogP contribution in [0.4, 0.5) is 0 Å². The molecule has 2 aromatic heterocycles. The van der Waals surface area contributed by atoms with E-state index in [9.17, 15) is 9.59 Å². The van der Waals surface area contributed by atoms with E-state index in [4.69, 9.17) is 4.74 Å². The summed E-state index contributed by atoms with van der Waals surface area (Å²) in [7, 11) is 0. The molecule has 27 heavy (non-hydrogen) atoms. The van der Waals surface area contributed by atoms with Gasteiger partial charge < -0.3 is 4.74 Å². The number of hydrogen-bond donors (Lipinski definition) is 3. The summed E-state index contributed by atoms with van der Waals surface area (Å²) < 4.78 is 5.70. The molecule has 1 aromatic carbocycles. The number of amides is 2. The highest BCUT2D eigenvalue weighted by molar-refractivity contribution is 7.13. The Kier molecular flexibility index (Phi) is 5.56. The Morgan fingerprint density at radius 1 is 1.19 bits per heavy atom. The standard InChI is InChI=1S/C19H20N4O3S/c1-11-6-4-7-16(12(11)2)26-13(3)18(24)22-23-19(25)15-10-14(20-21-15)17-8-5-9-27-17/h4-10,13H,1-3H3,(H,20,21)(H,22,24)(H,23,25). The number of carbonyl (C=O) groups is 2. The number of nitrogens with one attached hydrogen (secondary N) is 3. The van der Waals surface area contributed by atoms with Crippen molar-refractivity contribution in [2.24, 2.45) is 0 Å². The monoisotopic (exact) mass is 384 g/mol. The summed E-state index contributed by atoms with van der Waals surface area (Å²) in [5.41, 5.74) is 7.69. The molecule has 7 nitrogen and oxygen atoms in total. The number of aryl methyl sites for hydroxylation is 1. The molecule has 3 N–H and O–H groups in total. The zero-order valence-corrected chi connectivity index (χ0v) is 16.0. The van der Waals surface area contributed by atoms with Gasteiger partial charge >= 0.3 is 0 Å². The van der Waals surface area contributed by atoms with E-state index in [1.54, 1.807) is 19.1 Å². The number of nitrogens with zero attached hydrogens (tertiary/aromatic N) is 1. The second kappa shape index (κ2) is 8.05. The molecule has 0 aliphatic rings. The van der Waals surface area contributed by atoms with E-state index in [0.29, 0.717) is 5.75 Å². The lowest BCUT2D eigenvalue weighted by Gasteiger charge is -2.17. The molecule has 2 amide bonds. The van der Waals surface area contributed by atoms with Crippen molar-refractivity contribution in [3.63, 3.8) is 0 Å². The summed E-state index contributed by atoms with van der Waals surface area (Å²) in [4.78, 5) is 25.3. The summed E-state index contributed by atoms with van der Waals surface area (Å²) in [6, 6.07) is 11.1. The van der Waals surface area contributed by atoms with Crippen LogP contribution in [-0.4, -0.2) is 28.1 Å². The van der Waals surface area contributed by atoms with Gasteiger partial charge in [-0.05, 0) is 55.5 Å². The highest BCUT2D eigenvalue weighted by atomic mass is 32.1. The highest BCUT2D eigenvalue weighted by Gasteiger charge is 2.18. The molecule has 2 heterocycles. The summed E-state index contributed by atoms with van der Waals surface area (Å²) in [5, 5.41) is 8.71. The van der Waals surface area contributed by atoms with Gasteiger partial charge in [0.25, 0.3) is 11.8 Å². The van der Waals surface area contributed by atoms with Crippen LogP contribution in [0.3, 0.4) is 0 Å². The first-order valence-electron chi connectivity index (χ1n) is 8.38. The van der Waals surface area contributed by atoms with E-state index in [1.807, 2.05) is 43.5 Å². The number of thiophene rings is 1. The first kappa shape index (κ1) is 18.7. The fourth-order valence-electron chi connectivity index (χ4n) is 2.38. The van der Waals surface area contributed by atoms with E-state index >= 15 is 0 Å². The molecule has 1 atom stereocenters. The summed E-state index contributed by atoms with van der Waals surface area (Å²) >= 11 is 1.54. The zero-order chi connectivity index (χ0) is 19.4. The Morgan fingerprint density at radius 2 is 2.00 bits per heavy atom. The van der Waals surface area contributed by atoms with E-state index in [-0.39, 0.29) is 5.69 Å². The number of hydrogen-bond acceptors (Lipinski definition) is 5. The molecular weight excluding hydrogens is 364 g/mol. The van der Waals surface area contributed by atoms with E-state index in [2.05, 4.69) is 21.0 Å². The van der Waals surface area contributed by atoms with Gasteiger partial charge in [-0.25, -0.2) is 0 Å². The van der Waals surface area contributed by atoms with Gasteiger partial charge in [0.2, 0.25) is 0 Å². The Morgan fingerprint density at radius 3 is 2.74 bits per heavy atom. The van der Waals surface area contributed by atoms with Gasteiger partial charge in [-0.3, -0.25) is 25.5 Å². The average Bonchev–Trinajstić information content (AvgIpc) is 3.34. The Labute approximate surface area is 160 Å². The lowest BCUT2D eigenvalue weighted by atomic mass is 10.1. The van der Waals surface area contributed by atoms with Crippen molar-refractivity contribution in [2.45, 2.75) is 26.9 Å². The normalized spacial score (nSPS) is 11.7. The second-order valence-corrected chi connectivity index (χ2v) is 6.99. The smallest absolute Gasteiger partial charge is 0.290 e. The van der Waals surface area contributed by atoms with Crippen LogP contribution in [0.15, 0.2) is 41.8 Å². The number of hydrazine groups is 1. The minimum Gasteiger partial charge on any atom is -0.481 e. The third kappa shape index (κ3) is 4.35. The van der Waals surface area contributed by atoms with Crippen LogP contribution in [-0.2, 0) is 4.79 Å². The summed E-state index contributed by atoms with van der Waals surface area (Å²) in [5.74, 6) is -0.337. The quantitative estimate of drug-likeness (QED) is 0.589. The number of H-pyrrole nitrogens is 1. The minimum atomic E-state index is -0.772. The van der Waals surface area contributed by atoms with Crippen LogP contribution < -0.4 is 15.6 Å². The third-order valence-corrected chi connectivity index (χ3v) is 5.03.